The molecule has 0 unspecified atom stereocenters. The van der Waals surface area contributed by atoms with E-state index in [1.165, 1.54) is 38.4 Å². The van der Waals surface area contributed by atoms with E-state index in [0.29, 0.717) is 11.8 Å². The lowest BCUT2D eigenvalue weighted by Gasteiger charge is -2.34. The molecule has 0 spiro atoms. The molecular formula is C12H24BrNO2S. The standard InChI is InChI=1S/C12H24BrNO2S/c1-17(15,16)11-5-9-14(10-8-13)12-6-3-2-4-7-12/h12H,2-11H2,1H3. The largest absolute Gasteiger partial charge is 0.300 e. The molecule has 5 heteroatoms. The zero-order valence-electron chi connectivity index (χ0n) is 10.7. The third-order valence-electron chi connectivity index (χ3n) is 3.42. The Balaban J connectivity index is 2.36. The van der Waals surface area contributed by atoms with Gasteiger partial charge in [0.15, 0.2) is 0 Å². The Morgan fingerprint density at radius 1 is 1.18 bits per heavy atom. The van der Waals surface area contributed by atoms with Gasteiger partial charge in [-0.05, 0) is 25.8 Å². The van der Waals surface area contributed by atoms with E-state index in [2.05, 4.69) is 20.8 Å². The molecule has 3 nitrogen and oxygen atoms in total. The van der Waals surface area contributed by atoms with Gasteiger partial charge >= 0.3 is 0 Å². The van der Waals surface area contributed by atoms with Crippen molar-refractivity contribution in [3.05, 3.63) is 0 Å². The predicted octanol–water partition coefficient (Wildman–Crippen LogP) is 2.45. The van der Waals surface area contributed by atoms with Gasteiger partial charge < -0.3 is 0 Å². The molecule has 0 radical (unpaired) electrons. The zero-order chi connectivity index (χ0) is 12.7. The maximum atomic E-state index is 11.1. The Morgan fingerprint density at radius 2 is 1.82 bits per heavy atom. The van der Waals surface area contributed by atoms with Gasteiger partial charge in [0.2, 0.25) is 0 Å². The van der Waals surface area contributed by atoms with Gasteiger partial charge in [-0.15, -0.1) is 0 Å². The van der Waals surface area contributed by atoms with Crippen molar-refractivity contribution in [2.75, 3.05) is 30.4 Å². The van der Waals surface area contributed by atoms with Crippen LogP contribution in [0, 0.1) is 0 Å². The van der Waals surface area contributed by atoms with Crippen LogP contribution in [-0.4, -0.2) is 49.8 Å². The quantitative estimate of drug-likeness (QED) is 0.675. The van der Waals surface area contributed by atoms with E-state index in [1.54, 1.807) is 0 Å². The first kappa shape index (κ1) is 15.4. The molecule has 1 saturated carbocycles. The third-order valence-corrected chi connectivity index (χ3v) is 4.81. The van der Waals surface area contributed by atoms with Crippen molar-refractivity contribution in [1.29, 1.82) is 0 Å². The molecule has 17 heavy (non-hydrogen) atoms. The van der Waals surface area contributed by atoms with Gasteiger partial charge in [-0.3, -0.25) is 4.90 Å². The molecule has 1 rings (SSSR count). The van der Waals surface area contributed by atoms with Crippen molar-refractivity contribution < 1.29 is 8.42 Å². The van der Waals surface area contributed by atoms with Gasteiger partial charge in [0.05, 0.1) is 5.75 Å². The summed E-state index contributed by atoms with van der Waals surface area (Å²) in [6.07, 6.45) is 8.68. The van der Waals surface area contributed by atoms with E-state index in [4.69, 9.17) is 0 Å². The maximum absolute atomic E-state index is 11.1. The smallest absolute Gasteiger partial charge is 0.147 e. The van der Waals surface area contributed by atoms with Crippen LogP contribution in [0.3, 0.4) is 0 Å². The Morgan fingerprint density at radius 3 is 2.35 bits per heavy atom. The van der Waals surface area contributed by atoms with E-state index >= 15 is 0 Å². The fourth-order valence-corrected chi connectivity index (χ4v) is 3.67. The average Bonchev–Trinajstić information content (AvgIpc) is 2.27. The molecule has 102 valence electrons. The number of halogens is 1. The molecule has 1 fully saturated rings. The van der Waals surface area contributed by atoms with E-state index in [0.717, 1.165) is 24.8 Å². The second-order valence-corrected chi connectivity index (χ2v) is 8.05. The van der Waals surface area contributed by atoms with Gasteiger partial charge in [0.25, 0.3) is 0 Å². The average molecular weight is 326 g/mol. The Bertz CT molecular complexity index is 300. The van der Waals surface area contributed by atoms with E-state index in [9.17, 15) is 8.42 Å². The minimum atomic E-state index is -2.80. The highest BCUT2D eigenvalue weighted by molar-refractivity contribution is 9.09. The summed E-state index contributed by atoms with van der Waals surface area (Å²) in [5.74, 6) is 0.318. The van der Waals surface area contributed by atoms with Crippen molar-refractivity contribution in [2.24, 2.45) is 0 Å². The molecule has 0 aliphatic heterocycles. The number of hydrogen-bond donors (Lipinski definition) is 0. The minimum absolute atomic E-state index is 0.318. The predicted molar refractivity (Wildman–Crippen MR) is 76.6 cm³/mol. The van der Waals surface area contributed by atoms with Gasteiger partial charge in [-0.25, -0.2) is 8.42 Å². The highest BCUT2D eigenvalue weighted by Gasteiger charge is 2.20. The lowest BCUT2D eigenvalue weighted by Crippen LogP contribution is -2.39. The summed E-state index contributed by atoms with van der Waals surface area (Å²) in [4.78, 5) is 2.47. The Labute approximate surface area is 114 Å². The van der Waals surface area contributed by atoms with Gasteiger partial charge in [0, 0.05) is 24.2 Å². The van der Waals surface area contributed by atoms with Crippen molar-refractivity contribution in [3.63, 3.8) is 0 Å². The van der Waals surface area contributed by atoms with Gasteiger partial charge in [0.1, 0.15) is 9.84 Å². The van der Waals surface area contributed by atoms with Crippen LogP contribution in [0.2, 0.25) is 0 Å². The van der Waals surface area contributed by atoms with Crippen LogP contribution in [0.15, 0.2) is 0 Å². The second kappa shape index (κ2) is 7.74. The van der Waals surface area contributed by atoms with Crippen LogP contribution >= 0.6 is 15.9 Å². The minimum Gasteiger partial charge on any atom is -0.300 e. The van der Waals surface area contributed by atoms with Crippen molar-refractivity contribution in [3.8, 4) is 0 Å². The zero-order valence-corrected chi connectivity index (χ0v) is 13.1. The molecule has 0 amide bonds. The van der Waals surface area contributed by atoms with Crippen molar-refractivity contribution in [1.82, 2.24) is 4.90 Å². The monoisotopic (exact) mass is 325 g/mol. The fraction of sp³-hybridized carbons (Fsp3) is 1.00. The molecule has 0 saturated heterocycles. The topological polar surface area (TPSA) is 37.4 Å². The Hall–Kier alpha value is 0.390. The van der Waals surface area contributed by atoms with Crippen LogP contribution in [0.25, 0.3) is 0 Å². The van der Waals surface area contributed by atoms with E-state index < -0.39 is 9.84 Å². The highest BCUT2D eigenvalue weighted by atomic mass is 79.9. The van der Waals surface area contributed by atoms with Gasteiger partial charge in [-0.2, -0.15) is 0 Å². The molecule has 1 aliphatic carbocycles. The first-order chi connectivity index (χ1) is 8.03. The number of rotatable bonds is 7. The van der Waals surface area contributed by atoms with E-state index in [-0.39, 0.29) is 0 Å². The number of hydrogen-bond acceptors (Lipinski definition) is 3. The maximum Gasteiger partial charge on any atom is 0.147 e. The summed E-state index contributed by atoms with van der Waals surface area (Å²) in [6.45, 7) is 1.96. The summed E-state index contributed by atoms with van der Waals surface area (Å²) < 4.78 is 22.2. The van der Waals surface area contributed by atoms with Crippen LogP contribution < -0.4 is 0 Å². The van der Waals surface area contributed by atoms with Gasteiger partial charge in [-0.1, -0.05) is 35.2 Å². The molecule has 0 atom stereocenters. The second-order valence-electron chi connectivity index (χ2n) is 5.00. The van der Waals surface area contributed by atoms with Crippen LogP contribution in [0.5, 0.6) is 0 Å². The molecule has 0 bridgehead atoms. The van der Waals surface area contributed by atoms with Crippen LogP contribution in [-0.2, 0) is 9.84 Å². The summed E-state index contributed by atoms with van der Waals surface area (Å²) in [6, 6.07) is 0.681. The first-order valence-corrected chi connectivity index (χ1v) is 9.69. The summed E-state index contributed by atoms with van der Waals surface area (Å²) >= 11 is 3.49. The molecule has 0 aromatic heterocycles. The SMILES string of the molecule is CS(=O)(=O)CCCN(CCBr)C1CCCCC1. The number of sulfone groups is 1. The first-order valence-electron chi connectivity index (χ1n) is 6.50. The van der Waals surface area contributed by atoms with Crippen molar-refractivity contribution in [2.45, 2.75) is 44.6 Å². The van der Waals surface area contributed by atoms with E-state index in [1.807, 2.05) is 0 Å². The summed E-state index contributed by atoms with van der Waals surface area (Å²) in [5, 5.41) is 0.975. The normalized spacial score (nSPS) is 18.8. The summed E-state index contributed by atoms with van der Waals surface area (Å²) in [7, 11) is -2.80. The fourth-order valence-electron chi connectivity index (χ4n) is 2.56. The number of alkyl halides is 1. The lowest BCUT2D eigenvalue weighted by atomic mass is 9.94. The molecule has 0 aromatic carbocycles. The highest BCUT2D eigenvalue weighted by Crippen LogP contribution is 2.22. The molecular weight excluding hydrogens is 302 g/mol. The van der Waals surface area contributed by atoms with Crippen molar-refractivity contribution >= 4 is 25.8 Å². The van der Waals surface area contributed by atoms with Crippen LogP contribution in [0.1, 0.15) is 38.5 Å². The molecule has 0 N–H and O–H groups in total. The molecule has 0 aromatic rings. The third kappa shape index (κ3) is 6.77. The molecule has 1 aliphatic rings. The van der Waals surface area contributed by atoms with Crippen LogP contribution in [0.4, 0.5) is 0 Å². The summed E-state index contributed by atoms with van der Waals surface area (Å²) in [5.41, 5.74) is 0. The Kier molecular flexibility index (Phi) is 7.04. The molecule has 0 heterocycles. The lowest BCUT2D eigenvalue weighted by molar-refractivity contribution is 0.166. The number of nitrogens with zero attached hydrogens (tertiary/aromatic N) is 1.